The SMILES string of the molecule is COC(=O)C1(c2cc3ccccc3nc2Br)COC1. The van der Waals surface area contributed by atoms with Gasteiger partial charge in [0.25, 0.3) is 0 Å². The van der Waals surface area contributed by atoms with E-state index in [-0.39, 0.29) is 5.97 Å². The average Bonchev–Trinajstić information content (AvgIpc) is 2.37. The molecule has 1 aromatic carbocycles. The Hall–Kier alpha value is -1.46. The lowest BCUT2D eigenvalue weighted by Gasteiger charge is -2.39. The van der Waals surface area contributed by atoms with Gasteiger partial charge in [0.05, 0.1) is 25.8 Å². The highest BCUT2D eigenvalue weighted by Crippen LogP contribution is 2.38. The lowest BCUT2D eigenvalue weighted by atomic mass is 9.79. The van der Waals surface area contributed by atoms with Crippen molar-refractivity contribution in [2.24, 2.45) is 0 Å². The molecule has 0 saturated carbocycles. The van der Waals surface area contributed by atoms with Gasteiger partial charge in [-0.05, 0) is 28.1 Å². The summed E-state index contributed by atoms with van der Waals surface area (Å²) in [5.74, 6) is -0.281. The molecule has 2 aromatic rings. The molecule has 5 heteroatoms. The van der Waals surface area contributed by atoms with Crippen LogP contribution < -0.4 is 0 Å². The molecule has 1 aromatic heterocycles. The molecule has 19 heavy (non-hydrogen) atoms. The number of hydrogen-bond acceptors (Lipinski definition) is 4. The Morgan fingerprint density at radius 2 is 2.16 bits per heavy atom. The molecule has 0 atom stereocenters. The number of ether oxygens (including phenoxy) is 2. The first-order valence-corrected chi connectivity index (χ1v) is 6.68. The number of benzene rings is 1. The molecular weight excluding hydrogens is 310 g/mol. The maximum atomic E-state index is 12.1. The molecule has 0 bridgehead atoms. The number of rotatable bonds is 2. The van der Waals surface area contributed by atoms with Crippen LogP contribution in [0.2, 0.25) is 0 Å². The van der Waals surface area contributed by atoms with E-state index in [4.69, 9.17) is 9.47 Å². The summed E-state index contributed by atoms with van der Waals surface area (Å²) >= 11 is 3.45. The summed E-state index contributed by atoms with van der Waals surface area (Å²) in [6.45, 7) is 0.663. The summed E-state index contributed by atoms with van der Waals surface area (Å²) in [4.78, 5) is 16.5. The van der Waals surface area contributed by atoms with Crippen LogP contribution in [0.15, 0.2) is 34.9 Å². The van der Waals surface area contributed by atoms with Gasteiger partial charge < -0.3 is 9.47 Å². The van der Waals surface area contributed by atoms with Crippen molar-refractivity contribution in [3.63, 3.8) is 0 Å². The first-order valence-electron chi connectivity index (χ1n) is 5.89. The van der Waals surface area contributed by atoms with Crippen LogP contribution in [0.3, 0.4) is 0 Å². The van der Waals surface area contributed by atoms with Gasteiger partial charge in [0, 0.05) is 10.9 Å². The summed E-state index contributed by atoms with van der Waals surface area (Å²) in [5.41, 5.74) is 0.979. The number of aromatic nitrogens is 1. The molecule has 1 fully saturated rings. The van der Waals surface area contributed by atoms with E-state index in [0.717, 1.165) is 16.5 Å². The van der Waals surface area contributed by atoms with Gasteiger partial charge >= 0.3 is 5.97 Å². The van der Waals surface area contributed by atoms with Crippen LogP contribution in [0.4, 0.5) is 0 Å². The Morgan fingerprint density at radius 1 is 1.42 bits per heavy atom. The Labute approximate surface area is 118 Å². The number of hydrogen-bond donors (Lipinski definition) is 0. The third kappa shape index (κ3) is 1.84. The number of para-hydroxylation sites is 1. The third-order valence-corrected chi connectivity index (χ3v) is 4.07. The minimum atomic E-state index is -0.732. The molecule has 4 nitrogen and oxygen atoms in total. The van der Waals surface area contributed by atoms with Gasteiger partial charge in [-0.25, -0.2) is 4.98 Å². The molecule has 0 unspecified atom stereocenters. The van der Waals surface area contributed by atoms with Crippen LogP contribution in [0.25, 0.3) is 10.9 Å². The molecule has 1 aliphatic heterocycles. The Morgan fingerprint density at radius 3 is 2.79 bits per heavy atom. The number of carbonyl (C=O) groups is 1. The molecule has 0 amide bonds. The van der Waals surface area contributed by atoms with Crippen LogP contribution in [-0.2, 0) is 19.7 Å². The standard InChI is InChI=1S/C14H12BrNO3/c1-18-13(17)14(7-19-8-14)10-6-9-4-2-3-5-11(9)16-12(10)15/h2-6H,7-8H2,1H3. The fourth-order valence-electron chi connectivity index (χ4n) is 2.31. The summed E-state index contributed by atoms with van der Waals surface area (Å²) < 4.78 is 10.8. The topological polar surface area (TPSA) is 48.4 Å². The van der Waals surface area contributed by atoms with Crippen LogP contribution in [0, 0.1) is 0 Å². The van der Waals surface area contributed by atoms with E-state index in [0.29, 0.717) is 17.8 Å². The highest BCUT2D eigenvalue weighted by Gasteiger charge is 2.50. The van der Waals surface area contributed by atoms with Crippen molar-refractivity contribution in [3.8, 4) is 0 Å². The van der Waals surface area contributed by atoms with Crippen molar-refractivity contribution in [3.05, 3.63) is 40.5 Å². The average molecular weight is 322 g/mol. The monoisotopic (exact) mass is 321 g/mol. The van der Waals surface area contributed by atoms with E-state index in [1.54, 1.807) is 0 Å². The van der Waals surface area contributed by atoms with Gasteiger partial charge in [0.2, 0.25) is 0 Å². The van der Waals surface area contributed by atoms with E-state index in [2.05, 4.69) is 20.9 Å². The summed E-state index contributed by atoms with van der Waals surface area (Å²) in [6, 6.07) is 9.77. The van der Waals surface area contributed by atoms with Gasteiger partial charge in [0.15, 0.2) is 0 Å². The molecule has 3 rings (SSSR count). The fourth-order valence-corrected chi connectivity index (χ4v) is 3.00. The summed E-state index contributed by atoms with van der Waals surface area (Å²) in [5, 5.41) is 0.996. The lowest BCUT2D eigenvalue weighted by Crippen LogP contribution is -2.53. The molecule has 0 radical (unpaired) electrons. The number of halogens is 1. The van der Waals surface area contributed by atoms with Crippen LogP contribution in [-0.4, -0.2) is 31.3 Å². The normalized spacial score (nSPS) is 16.9. The molecule has 2 heterocycles. The second-order valence-electron chi connectivity index (χ2n) is 4.59. The number of methoxy groups -OCH3 is 1. The van der Waals surface area contributed by atoms with Crippen molar-refractivity contribution < 1.29 is 14.3 Å². The Balaban J connectivity index is 2.19. The van der Waals surface area contributed by atoms with E-state index in [1.807, 2.05) is 30.3 Å². The molecule has 0 N–H and O–H groups in total. The van der Waals surface area contributed by atoms with Gasteiger partial charge in [-0.1, -0.05) is 18.2 Å². The summed E-state index contributed by atoms with van der Waals surface area (Å²) in [6.07, 6.45) is 0. The molecule has 1 aliphatic rings. The Kier molecular flexibility index (Phi) is 3.03. The maximum Gasteiger partial charge on any atom is 0.321 e. The van der Waals surface area contributed by atoms with E-state index < -0.39 is 5.41 Å². The van der Waals surface area contributed by atoms with Gasteiger partial charge in [-0.15, -0.1) is 0 Å². The van der Waals surface area contributed by atoms with Crippen LogP contribution in [0.5, 0.6) is 0 Å². The van der Waals surface area contributed by atoms with Crippen molar-refractivity contribution >= 4 is 32.8 Å². The van der Waals surface area contributed by atoms with Crippen molar-refractivity contribution in [1.82, 2.24) is 4.98 Å². The maximum absolute atomic E-state index is 12.1. The zero-order valence-electron chi connectivity index (χ0n) is 10.4. The molecular formula is C14H12BrNO3. The number of carbonyl (C=O) groups excluding carboxylic acids is 1. The molecule has 0 aliphatic carbocycles. The van der Waals surface area contributed by atoms with Crippen LogP contribution >= 0.6 is 15.9 Å². The fraction of sp³-hybridized carbons (Fsp3) is 0.286. The number of nitrogens with zero attached hydrogens (tertiary/aromatic N) is 1. The zero-order valence-corrected chi connectivity index (χ0v) is 11.9. The number of pyridine rings is 1. The third-order valence-electron chi connectivity index (χ3n) is 3.47. The second kappa shape index (κ2) is 4.58. The number of esters is 1. The molecule has 1 saturated heterocycles. The zero-order chi connectivity index (χ0) is 13.5. The molecule has 98 valence electrons. The van der Waals surface area contributed by atoms with Gasteiger partial charge in [0.1, 0.15) is 10.0 Å². The quantitative estimate of drug-likeness (QED) is 0.629. The first-order chi connectivity index (χ1) is 9.17. The summed E-state index contributed by atoms with van der Waals surface area (Å²) in [7, 11) is 1.39. The lowest BCUT2D eigenvalue weighted by molar-refractivity contribution is -0.166. The van der Waals surface area contributed by atoms with E-state index >= 15 is 0 Å². The van der Waals surface area contributed by atoms with E-state index in [9.17, 15) is 4.79 Å². The van der Waals surface area contributed by atoms with Gasteiger partial charge in [-0.3, -0.25) is 4.79 Å². The predicted octanol–water partition coefficient (Wildman–Crippen LogP) is 2.44. The minimum Gasteiger partial charge on any atom is -0.468 e. The second-order valence-corrected chi connectivity index (χ2v) is 5.34. The van der Waals surface area contributed by atoms with Crippen molar-refractivity contribution in [1.29, 1.82) is 0 Å². The van der Waals surface area contributed by atoms with Crippen molar-refractivity contribution in [2.45, 2.75) is 5.41 Å². The first kappa shape index (κ1) is 12.6. The van der Waals surface area contributed by atoms with Crippen molar-refractivity contribution in [2.75, 3.05) is 20.3 Å². The minimum absolute atomic E-state index is 0.281. The highest BCUT2D eigenvalue weighted by atomic mass is 79.9. The Bertz CT molecular complexity index is 652. The molecule has 0 spiro atoms. The predicted molar refractivity (Wildman–Crippen MR) is 74.0 cm³/mol. The van der Waals surface area contributed by atoms with Crippen LogP contribution in [0.1, 0.15) is 5.56 Å². The smallest absolute Gasteiger partial charge is 0.321 e. The van der Waals surface area contributed by atoms with E-state index in [1.165, 1.54) is 7.11 Å². The highest BCUT2D eigenvalue weighted by molar-refractivity contribution is 9.10. The number of fused-ring (bicyclic) bond motifs is 1. The van der Waals surface area contributed by atoms with Gasteiger partial charge in [-0.2, -0.15) is 0 Å². The largest absolute Gasteiger partial charge is 0.468 e.